The summed E-state index contributed by atoms with van der Waals surface area (Å²) in [4.78, 5) is 13.5. The summed E-state index contributed by atoms with van der Waals surface area (Å²) >= 11 is 0. The first-order valence-corrected chi connectivity index (χ1v) is 13.2. The van der Waals surface area contributed by atoms with Gasteiger partial charge in [-0.25, -0.2) is 0 Å². The van der Waals surface area contributed by atoms with Crippen LogP contribution in [0.1, 0.15) is 85.7 Å². The summed E-state index contributed by atoms with van der Waals surface area (Å²) < 4.78 is 0. The topological polar surface area (TPSA) is 20.3 Å². The zero-order chi connectivity index (χ0) is 23.9. The first kappa shape index (κ1) is 23.4. The molecule has 3 aromatic rings. The normalized spacial score (nSPS) is 16.0. The number of anilines is 3. The molecule has 178 valence electrons. The van der Waals surface area contributed by atoms with E-state index in [4.69, 9.17) is 0 Å². The maximum Gasteiger partial charge on any atom is 0.150 e. The van der Waals surface area contributed by atoms with Gasteiger partial charge >= 0.3 is 0 Å². The predicted octanol–water partition coefficient (Wildman–Crippen LogP) is 9.66. The first-order valence-electron chi connectivity index (χ1n) is 13.2. The number of rotatable bonds is 6. The second-order valence-corrected chi connectivity index (χ2v) is 9.95. The van der Waals surface area contributed by atoms with Crippen LogP contribution in [0.15, 0.2) is 83.9 Å². The van der Waals surface area contributed by atoms with Gasteiger partial charge in [-0.15, -0.1) is 0 Å². The summed E-state index contributed by atoms with van der Waals surface area (Å²) in [5.41, 5.74) is 9.68. The Morgan fingerprint density at radius 2 is 0.800 bits per heavy atom. The van der Waals surface area contributed by atoms with Gasteiger partial charge in [0.05, 0.1) is 0 Å². The highest BCUT2D eigenvalue weighted by Crippen LogP contribution is 2.36. The van der Waals surface area contributed by atoms with E-state index in [1.165, 1.54) is 75.3 Å². The molecule has 0 atom stereocenters. The van der Waals surface area contributed by atoms with Crippen LogP contribution in [-0.2, 0) is 0 Å². The van der Waals surface area contributed by atoms with Crippen LogP contribution in [0.4, 0.5) is 17.1 Å². The highest BCUT2D eigenvalue weighted by Gasteiger charge is 2.13. The second kappa shape index (κ2) is 11.4. The van der Waals surface area contributed by atoms with Gasteiger partial charge in [0.25, 0.3) is 0 Å². The molecule has 0 aliphatic heterocycles. The van der Waals surface area contributed by atoms with Crippen molar-refractivity contribution in [1.82, 2.24) is 0 Å². The van der Waals surface area contributed by atoms with Crippen molar-refractivity contribution in [3.63, 3.8) is 0 Å². The van der Waals surface area contributed by atoms with Crippen LogP contribution in [0.2, 0.25) is 0 Å². The lowest BCUT2D eigenvalue weighted by Crippen LogP contribution is -2.10. The molecule has 2 heteroatoms. The molecular formula is C33H35NO. The molecule has 0 N–H and O–H groups in total. The smallest absolute Gasteiger partial charge is 0.150 e. The summed E-state index contributed by atoms with van der Waals surface area (Å²) in [6, 6.07) is 25.6. The third kappa shape index (κ3) is 6.00. The average molecular weight is 462 g/mol. The van der Waals surface area contributed by atoms with Crippen molar-refractivity contribution in [3.05, 3.63) is 101 Å². The molecule has 35 heavy (non-hydrogen) atoms. The van der Waals surface area contributed by atoms with E-state index in [1.54, 1.807) is 11.1 Å². The molecule has 0 spiro atoms. The minimum Gasteiger partial charge on any atom is -0.311 e. The Balaban J connectivity index is 1.44. The average Bonchev–Trinajstić information content (AvgIpc) is 2.92. The Morgan fingerprint density at radius 1 is 0.457 bits per heavy atom. The summed E-state index contributed by atoms with van der Waals surface area (Å²) in [5, 5.41) is 0. The molecule has 0 amide bonds. The molecular weight excluding hydrogens is 426 g/mol. The van der Waals surface area contributed by atoms with Crippen LogP contribution < -0.4 is 4.90 Å². The fourth-order valence-corrected chi connectivity index (χ4v) is 5.36. The molecule has 0 radical (unpaired) electrons. The van der Waals surface area contributed by atoms with Crippen LogP contribution in [0.3, 0.4) is 0 Å². The molecule has 0 unspecified atom stereocenters. The van der Waals surface area contributed by atoms with Crippen molar-refractivity contribution in [2.45, 2.75) is 64.2 Å². The summed E-state index contributed by atoms with van der Waals surface area (Å²) in [6.45, 7) is 0. The highest BCUT2D eigenvalue weighted by molar-refractivity contribution is 5.81. The molecule has 2 aliphatic carbocycles. The van der Waals surface area contributed by atoms with E-state index >= 15 is 0 Å². The molecule has 3 aromatic carbocycles. The standard InChI is InChI=1S/C33H35NO/c35-25-30-15-21-33(22-16-30)34(31-17-11-28(12-18-31)23-26-7-3-1-4-8-26)32-19-13-29(14-20-32)24-27-9-5-2-6-10-27/h11-25H,1-10H2. The molecule has 2 aliphatic rings. The summed E-state index contributed by atoms with van der Waals surface area (Å²) in [7, 11) is 0. The quantitative estimate of drug-likeness (QED) is 0.341. The number of carbonyl (C=O) groups excluding carboxylic acids is 1. The van der Waals surface area contributed by atoms with Crippen molar-refractivity contribution < 1.29 is 4.79 Å². The molecule has 2 saturated carbocycles. The Bertz CT molecular complexity index is 1100. The lowest BCUT2D eigenvalue weighted by molar-refractivity contribution is 0.112. The largest absolute Gasteiger partial charge is 0.311 e. The Labute approximate surface area is 210 Å². The number of nitrogens with zero attached hydrogens (tertiary/aromatic N) is 1. The minimum absolute atomic E-state index is 0.692. The summed E-state index contributed by atoms with van der Waals surface area (Å²) in [6.07, 6.45) is 18.6. The van der Waals surface area contributed by atoms with Crippen LogP contribution in [0.25, 0.3) is 12.2 Å². The maximum atomic E-state index is 11.2. The van der Waals surface area contributed by atoms with Crippen LogP contribution in [0.5, 0.6) is 0 Å². The van der Waals surface area contributed by atoms with E-state index in [9.17, 15) is 4.79 Å². The van der Waals surface area contributed by atoms with Crippen LogP contribution in [-0.4, -0.2) is 6.29 Å². The van der Waals surface area contributed by atoms with E-state index in [-0.39, 0.29) is 0 Å². The van der Waals surface area contributed by atoms with Crippen molar-refractivity contribution >= 4 is 35.5 Å². The monoisotopic (exact) mass is 461 g/mol. The van der Waals surface area contributed by atoms with E-state index in [1.807, 2.05) is 24.3 Å². The molecule has 5 rings (SSSR count). The highest BCUT2D eigenvalue weighted by atomic mass is 16.1. The number of carbonyl (C=O) groups is 1. The Morgan fingerprint density at radius 3 is 1.14 bits per heavy atom. The van der Waals surface area contributed by atoms with Gasteiger partial charge in [-0.1, -0.05) is 60.4 Å². The van der Waals surface area contributed by atoms with Gasteiger partial charge in [-0.3, -0.25) is 4.79 Å². The van der Waals surface area contributed by atoms with Crippen LogP contribution >= 0.6 is 0 Å². The third-order valence-corrected chi connectivity index (χ3v) is 7.32. The van der Waals surface area contributed by atoms with Gasteiger partial charge in [-0.2, -0.15) is 0 Å². The number of aldehydes is 1. The lowest BCUT2D eigenvalue weighted by Gasteiger charge is -2.26. The van der Waals surface area contributed by atoms with E-state index in [2.05, 4.69) is 65.6 Å². The van der Waals surface area contributed by atoms with E-state index < -0.39 is 0 Å². The first-order chi connectivity index (χ1) is 17.3. The van der Waals surface area contributed by atoms with Gasteiger partial charge in [0.1, 0.15) is 6.29 Å². The fraction of sp³-hybridized carbons (Fsp3) is 0.303. The van der Waals surface area contributed by atoms with Crippen molar-refractivity contribution in [2.75, 3.05) is 4.90 Å². The maximum absolute atomic E-state index is 11.2. The fourth-order valence-electron chi connectivity index (χ4n) is 5.36. The van der Waals surface area contributed by atoms with E-state index in [0.717, 1.165) is 23.3 Å². The lowest BCUT2D eigenvalue weighted by atomic mass is 9.93. The van der Waals surface area contributed by atoms with Gasteiger partial charge in [0, 0.05) is 22.6 Å². The zero-order valence-electron chi connectivity index (χ0n) is 20.6. The number of allylic oxidation sites excluding steroid dienone is 2. The van der Waals surface area contributed by atoms with Gasteiger partial charge in [0.15, 0.2) is 0 Å². The van der Waals surface area contributed by atoms with Crippen molar-refractivity contribution in [1.29, 1.82) is 0 Å². The van der Waals surface area contributed by atoms with Crippen molar-refractivity contribution in [2.24, 2.45) is 0 Å². The second-order valence-electron chi connectivity index (χ2n) is 9.95. The van der Waals surface area contributed by atoms with Gasteiger partial charge < -0.3 is 4.90 Å². The Kier molecular flexibility index (Phi) is 7.58. The number of hydrogen-bond donors (Lipinski definition) is 0. The number of hydrogen-bond acceptors (Lipinski definition) is 2. The van der Waals surface area contributed by atoms with E-state index in [0.29, 0.717) is 5.56 Å². The SMILES string of the molecule is O=Cc1ccc(N(c2ccc(C=C3CCCCC3)cc2)c2ccc(C=C3CCCCC3)cc2)cc1. The molecule has 2 fully saturated rings. The molecule has 0 bridgehead atoms. The number of benzene rings is 3. The molecule has 0 saturated heterocycles. The zero-order valence-corrected chi connectivity index (χ0v) is 20.6. The minimum atomic E-state index is 0.692. The molecule has 2 nitrogen and oxygen atoms in total. The third-order valence-electron chi connectivity index (χ3n) is 7.32. The van der Waals surface area contributed by atoms with Crippen molar-refractivity contribution in [3.8, 4) is 0 Å². The molecule has 0 aromatic heterocycles. The van der Waals surface area contributed by atoms with Gasteiger partial charge in [0.2, 0.25) is 0 Å². The Hall–Kier alpha value is -3.39. The molecule has 0 heterocycles. The predicted molar refractivity (Wildman–Crippen MR) is 149 cm³/mol. The van der Waals surface area contributed by atoms with Gasteiger partial charge in [-0.05, 0) is 111 Å². The summed E-state index contributed by atoms with van der Waals surface area (Å²) in [5.74, 6) is 0. The van der Waals surface area contributed by atoms with Crippen LogP contribution in [0, 0.1) is 0 Å².